The summed E-state index contributed by atoms with van der Waals surface area (Å²) in [6, 6.07) is 13.1. The minimum absolute atomic E-state index is 0.172. The predicted molar refractivity (Wildman–Crippen MR) is 136 cm³/mol. The van der Waals surface area contributed by atoms with Gasteiger partial charge in [-0.1, -0.05) is 44.2 Å². The standard InChI is InChI=1S/C28H37FN2O5/c1-19(2)25(31(27(33)34)28(3,4)5)26(32)30-15-13-22(14-16-30)36-23-12-11-21(29)17-24(23)35-18-20-9-7-6-8-10-20/h6-12,17,19,22,25H,13-16,18H2,1-5H3,(H,33,34)/t25-/m0/s1. The van der Waals surface area contributed by atoms with Crippen LogP contribution in [0.1, 0.15) is 53.0 Å². The van der Waals surface area contributed by atoms with Crippen LogP contribution in [0.25, 0.3) is 0 Å². The normalized spacial score (nSPS) is 15.5. The van der Waals surface area contributed by atoms with E-state index in [2.05, 4.69) is 0 Å². The van der Waals surface area contributed by atoms with E-state index in [1.54, 1.807) is 31.7 Å². The molecule has 1 atom stereocenters. The van der Waals surface area contributed by atoms with E-state index in [-0.39, 0.29) is 24.5 Å². The van der Waals surface area contributed by atoms with Gasteiger partial charge in [0, 0.05) is 37.5 Å². The van der Waals surface area contributed by atoms with Crippen molar-refractivity contribution in [3.8, 4) is 11.5 Å². The highest BCUT2D eigenvalue weighted by Crippen LogP contribution is 2.32. The number of nitrogens with zero attached hydrogens (tertiary/aromatic N) is 2. The Kier molecular flexibility index (Phi) is 8.82. The summed E-state index contributed by atoms with van der Waals surface area (Å²) in [6.07, 6.45) is -0.120. The summed E-state index contributed by atoms with van der Waals surface area (Å²) in [5, 5.41) is 9.84. The third kappa shape index (κ3) is 6.89. The second kappa shape index (κ2) is 11.6. The van der Waals surface area contributed by atoms with Crippen LogP contribution in [0.4, 0.5) is 9.18 Å². The highest BCUT2D eigenvalue weighted by atomic mass is 19.1. The van der Waals surface area contributed by atoms with E-state index in [1.165, 1.54) is 17.0 Å². The molecule has 2 amide bonds. The van der Waals surface area contributed by atoms with Gasteiger partial charge < -0.3 is 19.5 Å². The Morgan fingerprint density at radius 1 is 1.08 bits per heavy atom. The molecule has 7 nitrogen and oxygen atoms in total. The average molecular weight is 501 g/mol. The lowest BCUT2D eigenvalue weighted by Gasteiger charge is -2.43. The maximum atomic E-state index is 13.9. The molecule has 1 heterocycles. The first-order valence-electron chi connectivity index (χ1n) is 12.4. The van der Waals surface area contributed by atoms with Gasteiger partial charge in [-0.3, -0.25) is 9.69 Å². The SMILES string of the molecule is CC(C)[C@@H](C(=O)N1CCC(Oc2ccc(F)cc2OCc2ccccc2)CC1)N(C(=O)O)C(C)(C)C. The number of ether oxygens (including phenoxy) is 2. The zero-order valence-corrected chi connectivity index (χ0v) is 21.7. The van der Waals surface area contributed by atoms with Crippen LogP contribution in [0.15, 0.2) is 48.5 Å². The van der Waals surface area contributed by atoms with Crippen molar-refractivity contribution in [3.63, 3.8) is 0 Å². The van der Waals surface area contributed by atoms with E-state index in [1.807, 2.05) is 44.2 Å². The van der Waals surface area contributed by atoms with E-state index >= 15 is 0 Å². The van der Waals surface area contributed by atoms with Crippen LogP contribution >= 0.6 is 0 Å². The smallest absolute Gasteiger partial charge is 0.408 e. The third-order valence-electron chi connectivity index (χ3n) is 6.28. The van der Waals surface area contributed by atoms with Gasteiger partial charge in [-0.15, -0.1) is 0 Å². The minimum Gasteiger partial charge on any atom is -0.486 e. The Labute approximate surface area is 212 Å². The van der Waals surface area contributed by atoms with Crippen LogP contribution in [0, 0.1) is 11.7 Å². The van der Waals surface area contributed by atoms with Gasteiger partial charge in [0.05, 0.1) is 0 Å². The number of halogens is 1. The lowest BCUT2D eigenvalue weighted by atomic mass is 9.94. The molecule has 1 saturated heterocycles. The monoisotopic (exact) mass is 500 g/mol. The van der Waals surface area contributed by atoms with Gasteiger partial charge in [-0.2, -0.15) is 0 Å². The van der Waals surface area contributed by atoms with Crippen molar-refractivity contribution in [1.82, 2.24) is 9.80 Å². The largest absolute Gasteiger partial charge is 0.486 e. The lowest BCUT2D eigenvalue weighted by molar-refractivity contribution is -0.142. The summed E-state index contributed by atoms with van der Waals surface area (Å²) >= 11 is 0. The summed E-state index contributed by atoms with van der Waals surface area (Å²) in [5.41, 5.74) is 0.251. The van der Waals surface area contributed by atoms with E-state index in [9.17, 15) is 19.1 Å². The highest BCUT2D eigenvalue weighted by Gasteiger charge is 2.41. The van der Waals surface area contributed by atoms with Crippen LogP contribution < -0.4 is 9.47 Å². The number of carbonyl (C=O) groups is 2. The Morgan fingerprint density at radius 3 is 2.28 bits per heavy atom. The zero-order valence-electron chi connectivity index (χ0n) is 21.7. The molecule has 1 N–H and O–H groups in total. The Hall–Kier alpha value is -3.29. The Morgan fingerprint density at radius 2 is 1.72 bits per heavy atom. The fourth-order valence-electron chi connectivity index (χ4n) is 4.50. The summed E-state index contributed by atoms with van der Waals surface area (Å²) < 4.78 is 25.9. The molecule has 2 aromatic rings. The molecular formula is C28H37FN2O5. The van der Waals surface area contributed by atoms with Crippen molar-refractivity contribution in [1.29, 1.82) is 0 Å². The molecule has 1 aliphatic rings. The maximum Gasteiger partial charge on any atom is 0.408 e. The first kappa shape index (κ1) is 27.3. The number of rotatable bonds is 8. The summed E-state index contributed by atoms with van der Waals surface area (Å²) in [7, 11) is 0. The summed E-state index contributed by atoms with van der Waals surface area (Å²) in [5.74, 6) is 0.0219. The van der Waals surface area contributed by atoms with Crippen molar-refractivity contribution in [2.75, 3.05) is 13.1 Å². The van der Waals surface area contributed by atoms with Crippen molar-refractivity contribution >= 4 is 12.0 Å². The van der Waals surface area contributed by atoms with Crippen LogP contribution in [0.5, 0.6) is 11.5 Å². The molecule has 0 aromatic heterocycles. The first-order chi connectivity index (χ1) is 17.0. The zero-order chi connectivity index (χ0) is 26.5. The summed E-state index contributed by atoms with van der Waals surface area (Å²) in [6.45, 7) is 10.3. The predicted octanol–water partition coefficient (Wildman–Crippen LogP) is 5.58. The fraction of sp³-hybridized carbons (Fsp3) is 0.500. The number of amides is 2. The quantitative estimate of drug-likeness (QED) is 0.512. The molecule has 0 saturated carbocycles. The molecule has 3 rings (SSSR count). The molecule has 0 bridgehead atoms. The summed E-state index contributed by atoms with van der Waals surface area (Å²) in [4.78, 5) is 28.4. The van der Waals surface area contributed by atoms with Crippen molar-refractivity contribution < 1.29 is 28.6 Å². The lowest BCUT2D eigenvalue weighted by Crippen LogP contribution is -2.60. The van der Waals surface area contributed by atoms with E-state index in [0.29, 0.717) is 37.4 Å². The second-order valence-corrected chi connectivity index (χ2v) is 10.5. The van der Waals surface area contributed by atoms with E-state index < -0.39 is 23.5 Å². The van der Waals surface area contributed by atoms with Gasteiger partial charge >= 0.3 is 6.09 Å². The van der Waals surface area contributed by atoms with Gasteiger partial charge in [0.1, 0.15) is 24.6 Å². The number of piperidine rings is 1. The van der Waals surface area contributed by atoms with Crippen molar-refractivity contribution in [2.45, 2.75) is 71.8 Å². The number of hydrogen-bond acceptors (Lipinski definition) is 4. The van der Waals surface area contributed by atoms with E-state index in [0.717, 1.165) is 5.56 Å². The molecule has 196 valence electrons. The maximum absolute atomic E-state index is 13.9. The highest BCUT2D eigenvalue weighted by molar-refractivity contribution is 5.86. The van der Waals surface area contributed by atoms with Crippen LogP contribution in [-0.2, 0) is 11.4 Å². The average Bonchev–Trinajstić information content (AvgIpc) is 2.82. The number of hydrogen-bond donors (Lipinski definition) is 1. The number of carbonyl (C=O) groups excluding carboxylic acids is 1. The minimum atomic E-state index is -1.10. The van der Waals surface area contributed by atoms with Crippen LogP contribution in [0.2, 0.25) is 0 Å². The van der Waals surface area contributed by atoms with Crippen molar-refractivity contribution in [3.05, 3.63) is 59.9 Å². The molecule has 1 fully saturated rings. The molecule has 36 heavy (non-hydrogen) atoms. The van der Waals surface area contributed by atoms with Crippen LogP contribution in [0.3, 0.4) is 0 Å². The number of carboxylic acid groups (broad SMARTS) is 1. The fourth-order valence-corrected chi connectivity index (χ4v) is 4.50. The Balaban J connectivity index is 1.65. The number of benzene rings is 2. The number of likely N-dealkylation sites (tertiary alicyclic amines) is 1. The molecule has 8 heteroatoms. The molecule has 0 radical (unpaired) electrons. The van der Waals surface area contributed by atoms with Gasteiger partial charge in [0.15, 0.2) is 11.5 Å². The first-order valence-corrected chi connectivity index (χ1v) is 12.4. The Bertz CT molecular complexity index is 1030. The van der Waals surface area contributed by atoms with Gasteiger partial charge in [-0.25, -0.2) is 9.18 Å². The van der Waals surface area contributed by atoms with E-state index in [4.69, 9.17) is 9.47 Å². The molecule has 0 aliphatic carbocycles. The van der Waals surface area contributed by atoms with Gasteiger partial charge in [0.25, 0.3) is 0 Å². The topological polar surface area (TPSA) is 79.3 Å². The van der Waals surface area contributed by atoms with Crippen LogP contribution in [-0.4, -0.2) is 57.7 Å². The second-order valence-electron chi connectivity index (χ2n) is 10.5. The van der Waals surface area contributed by atoms with Gasteiger partial charge in [0.2, 0.25) is 5.91 Å². The molecule has 0 unspecified atom stereocenters. The third-order valence-corrected chi connectivity index (χ3v) is 6.28. The molecular weight excluding hydrogens is 463 g/mol. The van der Waals surface area contributed by atoms with Crippen molar-refractivity contribution in [2.24, 2.45) is 5.92 Å². The molecule has 0 spiro atoms. The van der Waals surface area contributed by atoms with Gasteiger partial charge in [-0.05, 0) is 44.4 Å². The molecule has 1 aliphatic heterocycles. The molecule has 2 aromatic carbocycles.